The molecule has 2 aromatic rings. The average Bonchev–Trinajstić information content (AvgIpc) is 2.49. The van der Waals surface area contributed by atoms with Gasteiger partial charge in [0.1, 0.15) is 13.2 Å². The highest BCUT2D eigenvalue weighted by molar-refractivity contribution is 5.44. The lowest BCUT2D eigenvalue weighted by Crippen LogP contribution is -2.15. The molecule has 0 saturated heterocycles. The number of ether oxygens (including phenoxy) is 2. The molecule has 2 aromatic carbocycles. The molecule has 3 nitrogen and oxygen atoms in total. The molecule has 1 aliphatic heterocycles. The van der Waals surface area contributed by atoms with Gasteiger partial charge in [-0.15, -0.1) is 0 Å². The Morgan fingerprint density at radius 2 is 1.80 bits per heavy atom. The smallest absolute Gasteiger partial charge is 0.161 e. The minimum atomic E-state index is -0.535. The van der Waals surface area contributed by atoms with Gasteiger partial charge in [-0.2, -0.15) is 0 Å². The molecule has 0 bridgehead atoms. The van der Waals surface area contributed by atoms with Crippen molar-refractivity contribution in [3.05, 3.63) is 59.2 Å². The van der Waals surface area contributed by atoms with Crippen molar-refractivity contribution in [2.24, 2.45) is 0 Å². The molecule has 0 spiro atoms. The van der Waals surface area contributed by atoms with Gasteiger partial charge >= 0.3 is 0 Å². The predicted octanol–water partition coefficient (Wildman–Crippen LogP) is 3.04. The van der Waals surface area contributed by atoms with Crippen LogP contribution in [0.3, 0.4) is 0 Å². The molecule has 1 atom stereocenters. The number of rotatable bonds is 3. The van der Waals surface area contributed by atoms with E-state index in [2.05, 4.69) is 19.1 Å². The van der Waals surface area contributed by atoms with E-state index in [0.29, 0.717) is 19.6 Å². The Balaban J connectivity index is 1.80. The van der Waals surface area contributed by atoms with Crippen LogP contribution < -0.4 is 9.47 Å². The number of benzene rings is 2. The van der Waals surface area contributed by atoms with Crippen LogP contribution in [0.5, 0.6) is 11.5 Å². The van der Waals surface area contributed by atoms with Crippen molar-refractivity contribution in [2.75, 3.05) is 13.2 Å². The summed E-state index contributed by atoms with van der Waals surface area (Å²) in [7, 11) is 0. The Kier molecular flexibility index (Phi) is 3.61. The lowest BCUT2D eigenvalue weighted by Gasteiger charge is -2.20. The summed E-state index contributed by atoms with van der Waals surface area (Å²) in [5.41, 5.74) is 3.22. The molecule has 20 heavy (non-hydrogen) atoms. The topological polar surface area (TPSA) is 38.7 Å². The fourth-order valence-corrected chi connectivity index (χ4v) is 2.43. The van der Waals surface area contributed by atoms with E-state index in [1.165, 1.54) is 5.56 Å². The molecule has 0 aromatic heterocycles. The average molecular weight is 270 g/mol. The molecular formula is C17H18O3. The van der Waals surface area contributed by atoms with E-state index in [4.69, 9.17) is 9.47 Å². The first-order valence-corrected chi connectivity index (χ1v) is 6.86. The fraction of sp³-hybridized carbons (Fsp3) is 0.294. The summed E-state index contributed by atoms with van der Waals surface area (Å²) >= 11 is 0. The van der Waals surface area contributed by atoms with E-state index in [9.17, 15) is 5.11 Å². The zero-order valence-electron chi connectivity index (χ0n) is 11.5. The van der Waals surface area contributed by atoms with Gasteiger partial charge in [-0.3, -0.25) is 0 Å². The highest BCUT2D eigenvalue weighted by Crippen LogP contribution is 2.33. The second-order valence-electron chi connectivity index (χ2n) is 5.05. The number of hydrogen-bond acceptors (Lipinski definition) is 3. The van der Waals surface area contributed by atoms with Gasteiger partial charge in [-0.1, -0.05) is 30.3 Å². The molecular weight excluding hydrogens is 252 g/mol. The van der Waals surface area contributed by atoms with Gasteiger partial charge in [0, 0.05) is 6.42 Å². The first-order valence-electron chi connectivity index (χ1n) is 6.86. The number of aliphatic hydroxyl groups excluding tert-OH is 1. The zero-order valence-corrected chi connectivity index (χ0v) is 11.5. The summed E-state index contributed by atoms with van der Waals surface area (Å²) in [6, 6.07) is 13.8. The largest absolute Gasteiger partial charge is 0.486 e. The van der Waals surface area contributed by atoms with E-state index in [0.717, 1.165) is 22.6 Å². The Morgan fingerprint density at radius 1 is 1.05 bits per heavy atom. The van der Waals surface area contributed by atoms with Gasteiger partial charge in [0.05, 0.1) is 6.10 Å². The van der Waals surface area contributed by atoms with Crippen molar-refractivity contribution >= 4 is 0 Å². The summed E-state index contributed by atoms with van der Waals surface area (Å²) < 4.78 is 11.0. The summed E-state index contributed by atoms with van der Waals surface area (Å²) in [5.74, 6) is 1.47. The highest BCUT2D eigenvalue weighted by Gasteiger charge is 2.16. The Bertz CT molecular complexity index is 607. The quantitative estimate of drug-likeness (QED) is 0.931. The third-order valence-corrected chi connectivity index (χ3v) is 3.63. The molecule has 104 valence electrons. The molecule has 3 heteroatoms. The third-order valence-electron chi connectivity index (χ3n) is 3.63. The van der Waals surface area contributed by atoms with Crippen molar-refractivity contribution in [1.82, 2.24) is 0 Å². The molecule has 1 heterocycles. The molecule has 3 rings (SSSR count). The molecule has 1 unspecified atom stereocenters. The third kappa shape index (κ3) is 2.63. The van der Waals surface area contributed by atoms with Crippen molar-refractivity contribution in [3.63, 3.8) is 0 Å². The molecule has 0 radical (unpaired) electrons. The summed E-state index contributed by atoms with van der Waals surface area (Å²) in [4.78, 5) is 0. The van der Waals surface area contributed by atoms with E-state index < -0.39 is 6.10 Å². The van der Waals surface area contributed by atoms with Crippen LogP contribution >= 0.6 is 0 Å². The van der Waals surface area contributed by atoms with Gasteiger partial charge in [0.25, 0.3) is 0 Å². The minimum absolute atomic E-state index is 0.535. The first-order chi connectivity index (χ1) is 9.74. The van der Waals surface area contributed by atoms with Crippen LogP contribution in [0.15, 0.2) is 42.5 Å². The second-order valence-corrected chi connectivity index (χ2v) is 5.05. The molecule has 1 aliphatic rings. The normalized spacial score (nSPS) is 14.9. The van der Waals surface area contributed by atoms with Crippen LogP contribution in [0, 0.1) is 6.92 Å². The Hall–Kier alpha value is -2.00. The van der Waals surface area contributed by atoms with Crippen LogP contribution in [0.2, 0.25) is 0 Å². The number of hydrogen-bond donors (Lipinski definition) is 1. The molecule has 0 aliphatic carbocycles. The Labute approximate surface area is 118 Å². The number of aliphatic hydroxyl groups is 1. The molecule has 0 amide bonds. The van der Waals surface area contributed by atoms with Crippen molar-refractivity contribution in [2.45, 2.75) is 19.4 Å². The maximum Gasteiger partial charge on any atom is 0.161 e. The molecule has 0 fully saturated rings. The van der Waals surface area contributed by atoms with Crippen molar-refractivity contribution < 1.29 is 14.6 Å². The monoisotopic (exact) mass is 270 g/mol. The lowest BCUT2D eigenvalue weighted by molar-refractivity contribution is 0.164. The lowest BCUT2D eigenvalue weighted by atomic mass is 9.98. The SMILES string of the molecule is Cc1ccccc1CC(O)c1ccc2c(c1)OCCO2. The predicted molar refractivity (Wildman–Crippen MR) is 77.3 cm³/mol. The standard InChI is InChI=1S/C17H18O3/c1-12-4-2-3-5-13(12)10-15(18)14-6-7-16-17(11-14)20-9-8-19-16/h2-7,11,15,18H,8-10H2,1H3. The number of fused-ring (bicyclic) bond motifs is 1. The van der Waals surface area contributed by atoms with Crippen LogP contribution in [0.1, 0.15) is 22.8 Å². The fourth-order valence-electron chi connectivity index (χ4n) is 2.43. The molecule has 0 saturated carbocycles. The zero-order chi connectivity index (χ0) is 13.9. The van der Waals surface area contributed by atoms with Crippen LogP contribution in [0.4, 0.5) is 0 Å². The van der Waals surface area contributed by atoms with Gasteiger partial charge in [0.2, 0.25) is 0 Å². The van der Waals surface area contributed by atoms with Crippen LogP contribution in [-0.4, -0.2) is 18.3 Å². The van der Waals surface area contributed by atoms with E-state index in [1.54, 1.807) is 0 Å². The van der Waals surface area contributed by atoms with E-state index >= 15 is 0 Å². The van der Waals surface area contributed by atoms with Crippen molar-refractivity contribution in [3.8, 4) is 11.5 Å². The van der Waals surface area contributed by atoms with Crippen LogP contribution in [-0.2, 0) is 6.42 Å². The highest BCUT2D eigenvalue weighted by atomic mass is 16.6. The summed E-state index contributed by atoms with van der Waals surface area (Å²) in [6.45, 7) is 3.20. The first kappa shape index (κ1) is 13.0. The minimum Gasteiger partial charge on any atom is -0.486 e. The molecule has 1 N–H and O–H groups in total. The van der Waals surface area contributed by atoms with Gasteiger partial charge in [-0.25, -0.2) is 0 Å². The maximum absolute atomic E-state index is 10.4. The summed E-state index contributed by atoms with van der Waals surface area (Å²) in [5, 5.41) is 10.4. The van der Waals surface area contributed by atoms with E-state index in [-0.39, 0.29) is 0 Å². The van der Waals surface area contributed by atoms with Gasteiger partial charge in [0.15, 0.2) is 11.5 Å². The Morgan fingerprint density at radius 3 is 2.60 bits per heavy atom. The maximum atomic E-state index is 10.4. The van der Waals surface area contributed by atoms with Gasteiger partial charge in [-0.05, 0) is 35.7 Å². The van der Waals surface area contributed by atoms with Gasteiger partial charge < -0.3 is 14.6 Å². The van der Waals surface area contributed by atoms with Crippen LogP contribution in [0.25, 0.3) is 0 Å². The second kappa shape index (κ2) is 5.55. The number of aryl methyl sites for hydroxylation is 1. The van der Waals surface area contributed by atoms with E-state index in [1.807, 2.05) is 30.3 Å². The van der Waals surface area contributed by atoms with Crippen molar-refractivity contribution in [1.29, 1.82) is 0 Å². The summed E-state index contributed by atoms with van der Waals surface area (Å²) in [6.07, 6.45) is 0.0682.